The van der Waals surface area contributed by atoms with Gasteiger partial charge in [0.15, 0.2) is 0 Å². The molecule has 0 bridgehead atoms. The average molecular weight is 364 g/mol. The number of halogens is 2. The van der Waals surface area contributed by atoms with Crippen molar-refractivity contribution in [1.29, 1.82) is 0 Å². The summed E-state index contributed by atoms with van der Waals surface area (Å²) in [4.78, 5) is 22.6. The fourth-order valence-corrected chi connectivity index (χ4v) is 2.05. The second-order valence-electron chi connectivity index (χ2n) is 4.29. The minimum atomic E-state index is -0.904. The van der Waals surface area contributed by atoms with E-state index < -0.39 is 17.9 Å². The SMILES string of the molecule is CCCC(CNC(=O)Nc1ccc(Br)c(Cl)c1)C(=O)O. The van der Waals surface area contributed by atoms with E-state index in [4.69, 9.17) is 16.7 Å². The molecule has 1 rings (SSSR count). The molecule has 5 nitrogen and oxygen atoms in total. The summed E-state index contributed by atoms with van der Waals surface area (Å²) in [6, 6.07) is 4.56. The zero-order valence-electron chi connectivity index (χ0n) is 11.0. The van der Waals surface area contributed by atoms with E-state index in [2.05, 4.69) is 26.6 Å². The third-order valence-electron chi connectivity index (χ3n) is 2.67. The number of carbonyl (C=O) groups excluding carboxylic acids is 1. The number of aliphatic carboxylic acids is 1. The number of hydrogen-bond donors (Lipinski definition) is 3. The Bertz CT molecular complexity index is 497. The zero-order valence-corrected chi connectivity index (χ0v) is 13.3. The summed E-state index contributed by atoms with van der Waals surface area (Å²) in [7, 11) is 0. The minimum absolute atomic E-state index is 0.0965. The Hall–Kier alpha value is -1.27. The van der Waals surface area contributed by atoms with Crippen molar-refractivity contribution < 1.29 is 14.7 Å². The van der Waals surface area contributed by atoms with Crippen LogP contribution >= 0.6 is 27.5 Å². The molecule has 0 saturated carbocycles. The first-order chi connectivity index (χ1) is 9.43. The summed E-state index contributed by atoms with van der Waals surface area (Å²) in [6.07, 6.45) is 1.28. The van der Waals surface area contributed by atoms with Gasteiger partial charge in [0.25, 0.3) is 0 Å². The van der Waals surface area contributed by atoms with Crippen LogP contribution in [0.1, 0.15) is 19.8 Å². The number of hydrogen-bond acceptors (Lipinski definition) is 2. The molecule has 0 aliphatic carbocycles. The highest BCUT2D eigenvalue weighted by atomic mass is 79.9. The summed E-state index contributed by atoms with van der Waals surface area (Å²) in [6.45, 7) is 2.00. The quantitative estimate of drug-likeness (QED) is 0.720. The number of benzene rings is 1. The lowest BCUT2D eigenvalue weighted by atomic mass is 10.0. The van der Waals surface area contributed by atoms with Crippen LogP contribution in [0.25, 0.3) is 0 Å². The largest absolute Gasteiger partial charge is 0.481 e. The maximum atomic E-state index is 11.7. The highest BCUT2D eigenvalue weighted by molar-refractivity contribution is 9.10. The smallest absolute Gasteiger partial charge is 0.319 e. The van der Waals surface area contributed by atoms with Crippen LogP contribution in [0, 0.1) is 5.92 Å². The summed E-state index contributed by atoms with van der Waals surface area (Å²) >= 11 is 9.16. The maximum Gasteiger partial charge on any atom is 0.319 e. The fourth-order valence-electron chi connectivity index (χ4n) is 1.63. The van der Waals surface area contributed by atoms with Crippen molar-refractivity contribution >= 4 is 45.2 Å². The van der Waals surface area contributed by atoms with E-state index in [9.17, 15) is 9.59 Å². The zero-order chi connectivity index (χ0) is 15.1. The molecule has 0 aliphatic rings. The number of anilines is 1. The van der Waals surface area contributed by atoms with E-state index in [1.165, 1.54) is 0 Å². The number of urea groups is 1. The Kier molecular flexibility index (Phi) is 6.81. The molecule has 1 unspecified atom stereocenters. The normalized spacial score (nSPS) is 11.8. The number of amides is 2. The van der Waals surface area contributed by atoms with Crippen LogP contribution in [0.15, 0.2) is 22.7 Å². The molecule has 0 heterocycles. The molecule has 0 spiro atoms. The van der Waals surface area contributed by atoms with E-state index in [-0.39, 0.29) is 6.54 Å². The molecule has 1 aromatic rings. The molecule has 0 aliphatic heterocycles. The van der Waals surface area contributed by atoms with Gasteiger partial charge in [0.05, 0.1) is 10.9 Å². The third kappa shape index (κ3) is 5.38. The van der Waals surface area contributed by atoms with Gasteiger partial charge in [0.2, 0.25) is 0 Å². The third-order valence-corrected chi connectivity index (χ3v) is 3.91. The molecule has 20 heavy (non-hydrogen) atoms. The van der Waals surface area contributed by atoms with Crippen LogP contribution in [0.2, 0.25) is 5.02 Å². The first kappa shape index (κ1) is 16.8. The van der Waals surface area contributed by atoms with Crippen molar-refractivity contribution in [2.75, 3.05) is 11.9 Å². The number of rotatable bonds is 6. The van der Waals surface area contributed by atoms with Gasteiger partial charge < -0.3 is 15.7 Å². The summed E-state index contributed by atoms with van der Waals surface area (Å²) < 4.78 is 0.735. The average Bonchev–Trinajstić information content (AvgIpc) is 2.38. The van der Waals surface area contributed by atoms with Crippen molar-refractivity contribution in [3.63, 3.8) is 0 Å². The van der Waals surface area contributed by atoms with Gasteiger partial charge in [-0.25, -0.2) is 4.79 Å². The molecular formula is C13H16BrClN2O3. The van der Waals surface area contributed by atoms with Gasteiger partial charge in [0.1, 0.15) is 0 Å². The molecule has 0 aromatic heterocycles. The van der Waals surface area contributed by atoms with Gasteiger partial charge in [-0.2, -0.15) is 0 Å². The predicted octanol–water partition coefficient (Wildman–Crippen LogP) is 3.72. The van der Waals surface area contributed by atoms with Gasteiger partial charge in [-0.15, -0.1) is 0 Å². The number of nitrogens with one attached hydrogen (secondary N) is 2. The second-order valence-corrected chi connectivity index (χ2v) is 5.55. The van der Waals surface area contributed by atoms with Crippen molar-refractivity contribution in [2.24, 2.45) is 5.92 Å². The number of carboxylic acids is 1. The van der Waals surface area contributed by atoms with E-state index >= 15 is 0 Å². The molecular weight excluding hydrogens is 348 g/mol. The van der Waals surface area contributed by atoms with Crippen LogP contribution in [0.5, 0.6) is 0 Å². The van der Waals surface area contributed by atoms with E-state index in [0.717, 1.165) is 10.9 Å². The monoisotopic (exact) mass is 362 g/mol. The van der Waals surface area contributed by atoms with Crippen LogP contribution in [0.3, 0.4) is 0 Å². The van der Waals surface area contributed by atoms with Crippen LogP contribution in [-0.2, 0) is 4.79 Å². The predicted molar refractivity (Wildman–Crippen MR) is 82.2 cm³/mol. The summed E-state index contributed by atoms with van der Waals surface area (Å²) in [5.74, 6) is -1.47. The minimum Gasteiger partial charge on any atom is -0.481 e. The molecule has 0 fully saturated rings. The molecule has 0 saturated heterocycles. The van der Waals surface area contributed by atoms with Crippen LogP contribution in [-0.4, -0.2) is 23.7 Å². The first-order valence-corrected chi connectivity index (χ1v) is 7.33. The van der Waals surface area contributed by atoms with E-state index in [1.807, 2.05) is 6.92 Å². The Morgan fingerprint density at radius 2 is 2.15 bits per heavy atom. The topological polar surface area (TPSA) is 78.4 Å². The Balaban J connectivity index is 2.50. The lowest BCUT2D eigenvalue weighted by Gasteiger charge is -2.13. The van der Waals surface area contributed by atoms with Crippen molar-refractivity contribution in [3.05, 3.63) is 27.7 Å². The summed E-state index contributed by atoms with van der Waals surface area (Å²) in [5, 5.41) is 14.6. The van der Waals surface area contributed by atoms with Crippen LogP contribution < -0.4 is 10.6 Å². The van der Waals surface area contributed by atoms with Crippen LogP contribution in [0.4, 0.5) is 10.5 Å². The van der Waals surface area contributed by atoms with Gasteiger partial charge in [-0.1, -0.05) is 24.9 Å². The van der Waals surface area contributed by atoms with Gasteiger partial charge in [-0.05, 0) is 40.5 Å². The molecule has 0 radical (unpaired) electrons. The molecule has 2 amide bonds. The first-order valence-electron chi connectivity index (χ1n) is 6.16. The second kappa shape index (κ2) is 8.11. The molecule has 3 N–H and O–H groups in total. The molecule has 7 heteroatoms. The highest BCUT2D eigenvalue weighted by Gasteiger charge is 2.17. The van der Waals surface area contributed by atoms with Gasteiger partial charge >= 0.3 is 12.0 Å². The molecule has 1 atom stereocenters. The molecule has 1 aromatic carbocycles. The van der Waals surface area contributed by atoms with Gasteiger partial charge in [0, 0.05) is 16.7 Å². The Labute approximate surface area is 130 Å². The Morgan fingerprint density at radius 3 is 2.70 bits per heavy atom. The molecule has 110 valence electrons. The Morgan fingerprint density at radius 1 is 1.45 bits per heavy atom. The highest BCUT2D eigenvalue weighted by Crippen LogP contribution is 2.25. The lowest BCUT2D eigenvalue weighted by molar-refractivity contribution is -0.141. The van der Waals surface area contributed by atoms with Crippen molar-refractivity contribution in [2.45, 2.75) is 19.8 Å². The standard InChI is InChI=1S/C13H16BrClN2O3/c1-2-3-8(12(18)19)7-16-13(20)17-9-4-5-10(14)11(15)6-9/h4-6,8H,2-3,7H2,1H3,(H,18,19)(H2,16,17,20). The summed E-state index contributed by atoms with van der Waals surface area (Å²) in [5.41, 5.74) is 0.540. The maximum absolute atomic E-state index is 11.7. The van der Waals surface area contributed by atoms with E-state index in [1.54, 1.807) is 18.2 Å². The lowest BCUT2D eigenvalue weighted by Crippen LogP contribution is -2.35. The van der Waals surface area contributed by atoms with Crippen molar-refractivity contribution in [3.8, 4) is 0 Å². The fraction of sp³-hybridized carbons (Fsp3) is 0.385. The van der Waals surface area contributed by atoms with Crippen molar-refractivity contribution in [1.82, 2.24) is 5.32 Å². The van der Waals surface area contributed by atoms with Gasteiger partial charge in [-0.3, -0.25) is 4.79 Å². The van der Waals surface area contributed by atoms with E-state index in [0.29, 0.717) is 17.1 Å². The number of carboxylic acid groups (broad SMARTS) is 1. The number of carbonyl (C=O) groups is 2.